The zero-order valence-corrected chi connectivity index (χ0v) is 9.73. The Hall–Kier alpha value is -1.54. The van der Waals surface area contributed by atoms with Crippen molar-refractivity contribution in [3.05, 3.63) is 55.1 Å². The number of nitrogens with zero attached hydrogens (tertiary/aromatic N) is 1. The van der Waals surface area contributed by atoms with Crippen LogP contribution in [0.2, 0.25) is 0 Å². The Morgan fingerprint density at radius 3 is 2.12 bits per heavy atom. The van der Waals surface area contributed by atoms with Gasteiger partial charge in [0, 0.05) is 25.3 Å². The normalized spacial score (nSPS) is 10.3. The standard InChI is InChI=1S/C14H20N2/c1-3-10-16(11-4-2)12-9-13-5-7-14(15)8-6-13/h3-8H,1-2,9-12,15H2. The maximum absolute atomic E-state index is 5.64. The van der Waals surface area contributed by atoms with Crippen molar-refractivity contribution < 1.29 is 0 Å². The summed E-state index contributed by atoms with van der Waals surface area (Å²) in [4.78, 5) is 2.30. The monoisotopic (exact) mass is 216 g/mol. The van der Waals surface area contributed by atoms with Crippen LogP contribution >= 0.6 is 0 Å². The van der Waals surface area contributed by atoms with E-state index in [2.05, 4.69) is 30.2 Å². The van der Waals surface area contributed by atoms with E-state index in [-0.39, 0.29) is 0 Å². The number of benzene rings is 1. The van der Waals surface area contributed by atoms with Crippen LogP contribution in [-0.4, -0.2) is 24.5 Å². The van der Waals surface area contributed by atoms with Crippen LogP contribution < -0.4 is 5.73 Å². The average molecular weight is 216 g/mol. The third-order valence-corrected chi connectivity index (χ3v) is 2.47. The van der Waals surface area contributed by atoms with Gasteiger partial charge in [0.05, 0.1) is 0 Å². The second-order valence-corrected chi connectivity index (χ2v) is 3.83. The highest BCUT2D eigenvalue weighted by Crippen LogP contribution is 2.06. The molecule has 0 atom stereocenters. The van der Waals surface area contributed by atoms with Gasteiger partial charge in [-0.15, -0.1) is 13.2 Å². The minimum absolute atomic E-state index is 0.817. The summed E-state index contributed by atoms with van der Waals surface area (Å²) in [6, 6.07) is 8.05. The molecule has 2 heteroatoms. The van der Waals surface area contributed by atoms with Crippen molar-refractivity contribution in [1.29, 1.82) is 0 Å². The summed E-state index contributed by atoms with van der Waals surface area (Å²) in [5, 5.41) is 0. The van der Waals surface area contributed by atoms with E-state index < -0.39 is 0 Å². The first kappa shape index (κ1) is 12.5. The fourth-order valence-corrected chi connectivity index (χ4v) is 1.59. The van der Waals surface area contributed by atoms with Gasteiger partial charge in [-0.2, -0.15) is 0 Å². The first-order valence-electron chi connectivity index (χ1n) is 5.55. The van der Waals surface area contributed by atoms with Gasteiger partial charge in [0.15, 0.2) is 0 Å². The molecule has 86 valence electrons. The fourth-order valence-electron chi connectivity index (χ4n) is 1.59. The largest absolute Gasteiger partial charge is 0.399 e. The van der Waals surface area contributed by atoms with Crippen molar-refractivity contribution >= 4 is 5.69 Å². The van der Waals surface area contributed by atoms with Gasteiger partial charge in [-0.1, -0.05) is 24.3 Å². The van der Waals surface area contributed by atoms with E-state index in [9.17, 15) is 0 Å². The van der Waals surface area contributed by atoms with Gasteiger partial charge in [-0.25, -0.2) is 0 Å². The van der Waals surface area contributed by atoms with E-state index in [1.165, 1.54) is 5.56 Å². The predicted molar refractivity (Wildman–Crippen MR) is 71.4 cm³/mol. The molecule has 0 saturated heterocycles. The molecule has 0 amide bonds. The Morgan fingerprint density at radius 1 is 1.06 bits per heavy atom. The molecule has 0 aliphatic carbocycles. The van der Waals surface area contributed by atoms with Crippen molar-refractivity contribution in [3.63, 3.8) is 0 Å². The maximum Gasteiger partial charge on any atom is 0.0314 e. The van der Waals surface area contributed by atoms with E-state index in [1.54, 1.807) is 0 Å². The molecule has 0 aliphatic rings. The molecule has 0 saturated carbocycles. The summed E-state index contributed by atoms with van der Waals surface area (Å²) in [6.45, 7) is 10.3. The number of hydrogen-bond donors (Lipinski definition) is 1. The van der Waals surface area contributed by atoms with Crippen molar-refractivity contribution in [3.8, 4) is 0 Å². The number of nitrogens with two attached hydrogens (primary N) is 1. The van der Waals surface area contributed by atoms with Crippen LogP contribution in [0, 0.1) is 0 Å². The number of hydrogen-bond acceptors (Lipinski definition) is 2. The molecule has 0 fully saturated rings. The quantitative estimate of drug-likeness (QED) is 0.560. The SMILES string of the molecule is C=CCN(CC=C)CCc1ccc(N)cc1. The topological polar surface area (TPSA) is 29.3 Å². The van der Waals surface area contributed by atoms with Gasteiger partial charge in [-0.3, -0.25) is 4.90 Å². The van der Waals surface area contributed by atoms with E-state index in [0.717, 1.165) is 31.7 Å². The first-order valence-corrected chi connectivity index (χ1v) is 5.55. The molecule has 2 N–H and O–H groups in total. The van der Waals surface area contributed by atoms with Crippen LogP contribution in [0.1, 0.15) is 5.56 Å². The molecule has 0 bridgehead atoms. The zero-order valence-electron chi connectivity index (χ0n) is 9.73. The molecule has 1 aromatic carbocycles. The third-order valence-electron chi connectivity index (χ3n) is 2.47. The molecule has 0 aromatic heterocycles. The summed E-state index contributed by atoms with van der Waals surface area (Å²) < 4.78 is 0. The highest BCUT2D eigenvalue weighted by Gasteiger charge is 2.00. The molecule has 0 unspecified atom stereocenters. The average Bonchev–Trinajstić information content (AvgIpc) is 2.29. The lowest BCUT2D eigenvalue weighted by Crippen LogP contribution is -2.26. The van der Waals surface area contributed by atoms with E-state index in [1.807, 2.05) is 24.3 Å². The Labute approximate surface area is 98.1 Å². The van der Waals surface area contributed by atoms with Crippen LogP contribution in [0.3, 0.4) is 0 Å². The lowest BCUT2D eigenvalue weighted by molar-refractivity contribution is 0.340. The van der Waals surface area contributed by atoms with Crippen molar-refractivity contribution in [2.75, 3.05) is 25.4 Å². The third kappa shape index (κ3) is 4.32. The second-order valence-electron chi connectivity index (χ2n) is 3.83. The van der Waals surface area contributed by atoms with Gasteiger partial charge in [0.25, 0.3) is 0 Å². The van der Waals surface area contributed by atoms with E-state index in [0.29, 0.717) is 0 Å². The highest BCUT2D eigenvalue weighted by molar-refractivity contribution is 5.39. The predicted octanol–water partition coefficient (Wildman–Crippen LogP) is 2.49. The summed E-state index contributed by atoms with van der Waals surface area (Å²) in [5.41, 5.74) is 7.77. The maximum atomic E-state index is 5.64. The van der Waals surface area contributed by atoms with Crippen LogP contribution in [0.5, 0.6) is 0 Å². The second kappa shape index (κ2) is 6.85. The van der Waals surface area contributed by atoms with Crippen LogP contribution in [-0.2, 0) is 6.42 Å². The van der Waals surface area contributed by atoms with E-state index in [4.69, 9.17) is 5.73 Å². The molecule has 0 heterocycles. The Morgan fingerprint density at radius 2 is 1.62 bits per heavy atom. The fraction of sp³-hybridized carbons (Fsp3) is 0.286. The molecule has 16 heavy (non-hydrogen) atoms. The summed E-state index contributed by atoms with van der Waals surface area (Å²) in [5.74, 6) is 0. The highest BCUT2D eigenvalue weighted by atomic mass is 15.1. The van der Waals surface area contributed by atoms with Gasteiger partial charge in [0.2, 0.25) is 0 Å². The van der Waals surface area contributed by atoms with Crippen LogP contribution in [0.4, 0.5) is 5.69 Å². The van der Waals surface area contributed by atoms with Gasteiger partial charge < -0.3 is 5.73 Å². The van der Waals surface area contributed by atoms with Gasteiger partial charge in [-0.05, 0) is 24.1 Å². The lowest BCUT2D eigenvalue weighted by Gasteiger charge is -2.18. The van der Waals surface area contributed by atoms with Crippen molar-refractivity contribution in [1.82, 2.24) is 4.90 Å². The van der Waals surface area contributed by atoms with Crippen LogP contribution in [0.25, 0.3) is 0 Å². The first-order chi connectivity index (χ1) is 7.76. The minimum Gasteiger partial charge on any atom is -0.399 e. The number of nitrogen functional groups attached to an aromatic ring is 1. The van der Waals surface area contributed by atoms with Gasteiger partial charge >= 0.3 is 0 Å². The Balaban J connectivity index is 2.44. The Kier molecular flexibility index (Phi) is 5.37. The molecular formula is C14H20N2. The summed E-state index contributed by atoms with van der Waals surface area (Å²) in [6.07, 6.45) is 4.88. The lowest BCUT2D eigenvalue weighted by atomic mass is 10.1. The molecular weight excluding hydrogens is 196 g/mol. The van der Waals surface area contributed by atoms with Crippen molar-refractivity contribution in [2.45, 2.75) is 6.42 Å². The zero-order chi connectivity index (χ0) is 11.8. The minimum atomic E-state index is 0.817. The number of rotatable bonds is 7. The van der Waals surface area contributed by atoms with Crippen LogP contribution in [0.15, 0.2) is 49.6 Å². The molecule has 0 spiro atoms. The Bertz CT molecular complexity index is 317. The smallest absolute Gasteiger partial charge is 0.0314 e. The summed E-state index contributed by atoms with van der Waals surface area (Å²) >= 11 is 0. The molecule has 2 nitrogen and oxygen atoms in total. The molecule has 1 rings (SSSR count). The molecule has 0 radical (unpaired) electrons. The van der Waals surface area contributed by atoms with Gasteiger partial charge in [0.1, 0.15) is 0 Å². The van der Waals surface area contributed by atoms with Crippen molar-refractivity contribution in [2.24, 2.45) is 0 Å². The molecule has 0 aliphatic heterocycles. The molecule has 1 aromatic rings. The number of anilines is 1. The summed E-state index contributed by atoms with van der Waals surface area (Å²) in [7, 11) is 0. The van der Waals surface area contributed by atoms with E-state index >= 15 is 0 Å².